The highest BCUT2D eigenvalue weighted by Gasteiger charge is 2.53. The average Bonchev–Trinajstić information content (AvgIpc) is 3.20. The van der Waals surface area contributed by atoms with Crippen LogP contribution < -0.4 is 4.74 Å². The first kappa shape index (κ1) is 12.1. The molecule has 1 aliphatic heterocycles. The quantitative estimate of drug-likeness (QED) is 0.710. The van der Waals surface area contributed by atoms with Gasteiger partial charge in [-0.1, -0.05) is 25.0 Å². The summed E-state index contributed by atoms with van der Waals surface area (Å²) in [6.45, 7) is 0.865. The summed E-state index contributed by atoms with van der Waals surface area (Å²) in [5.74, 6) is 3.66. The molecule has 0 aromatic heterocycles. The van der Waals surface area contributed by atoms with Gasteiger partial charge in [-0.15, -0.1) is 11.6 Å². The molecule has 0 N–H and O–H groups in total. The molecule has 1 aromatic carbocycles. The summed E-state index contributed by atoms with van der Waals surface area (Å²) in [5, 5.41) is 0.223. The van der Waals surface area contributed by atoms with E-state index in [2.05, 4.69) is 18.2 Å². The number of hydrogen-bond donors (Lipinski definition) is 0. The third kappa shape index (κ3) is 2.07. The van der Waals surface area contributed by atoms with E-state index in [0.29, 0.717) is 0 Å². The second-order valence-electron chi connectivity index (χ2n) is 6.41. The zero-order valence-electron chi connectivity index (χ0n) is 11.3. The van der Waals surface area contributed by atoms with E-state index in [0.717, 1.165) is 43.0 Å². The molecule has 102 valence electrons. The maximum absolute atomic E-state index is 6.78. The lowest BCUT2D eigenvalue weighted by atomic mass is 9.99. The molecule has 2 fully saturated rings. The lowest BCUT2D eigenvalue weighted by Crippen LogP contribution is -2.09. The minimum Gasteiger partial charge on any atom is -0.493 e. The fourth-order valence-corrected chi connectivity index (χ4v) is 4.77. The van der Waals surface area contributed by atoms with Gasteiger partial charge in [-0.05, 0) is 60.6 Å². The van der Waals surface area contributed by atoms with Gasteiger partial charge in [-0.3, -0.25) is 0 Å². The van der Waals surface area contributed by atoms with Crippen LogP contribution in [0.25, 0.3) is 0 Å². The van der Waals surface area contributed by atoms with Crippen LogP contribution in [0.3, 0.4) is 0 Å². The van der Waals surface area contributed by atoms with Gasteiger partial charge < -0.3 is 4.74 Å². The lowest BCUT2D eigenvalue weighted by Gasteiger charge is -2.19. The van der Waals surface area contributed by atoms with Gasteiger partial charge in [0, 0.05) is 0 Å². The molecule has 3 atom stereocenters. The maximum atomic E-state index is 6.78. The van der Waals surface area contributed by atoms with E-state index in [1.807, 2.05) is 0 Å². The molecule has 19 heavy (non-hydrogen) atoms. The van der Waals surface area contributed by atoms with E-state index in [9.17, 15) is 0 Å². The number of benzene rings is 1. The van der Waals surface area contributed by atoms with Gasteiger partial charge >= 0.3 is 0 Å². The summed E-state index contributed by atoms with van der Waals surface area (Å²) in [6, 6.07) is 6.62. The van der Waals surface area contributed by atoms with Gasteiger partial charge in [0.2, 0.25) is 0 Å². The van der Waals surface area contributed by atoms with Crippen molar-refractivity contribution in [2.24, 2.45) is 17.8 Å². The zero-order valence-corrected chi connectivity index (χ0v) is 12.0. The highest BCUT2D eigenvalue weighted by Crippen LogP contribution is 2.62. The molecule has 1 heterocycles. The van der Waals surface area contributed by atoms with Gasteiger partial charge in [-0.25, -0.2) is 0 Å². The number of halogens is 1. The standard InChI is InChI=1S/C17H21ClO/c18-17(16-13-5-1-2-6-14(13)16)12-7-8-15-11(10-12)4-3-9-19-15/h7-8,10,13-14,16-17H,1-6,9H2. The molecule has 0 amide bonds. The van der Waals surface area contributed by atoms with Crippen LogP contribution >= 0.6 is 11.6 Å². The van der Waals surface area contributed by atoms with Crippen LogP contribution in [0.4, 0.5) is 0 Å². The Labute approximate surface area is 120 Å². The molecular weight excluding hydrogens is 256 g/mol. The minimum atomic E-state index is 0.223. The molecule has 4 rings (SSSR count). The minimum absolute atomic E-state index is 0.223. The van der Waals surface area contributed by atoms with Crippen molar-refractivity contribution in [1.29, 1.82) is 0 Å². The Morgan fingerprint density at radius 3 is 2.68 bits per heavy atom. The molecule has 1 aromatic rings. The van der Waals surface area contributed by atoms with Crippen molar-refractivity contribution in [3.8, 4) is 5.75 Å². The van der Waals surface area contributed by atoms with Gasteiger partial charge in [-0.2, -0.15) is 0 Å². The third-order valence-electron chi connectivity index (χ3n) is 5.31. The largest absolute Gasteiger partial charge is 0.493 e. The van der Waals surface area contributed by atoms with Crippen molar-refractivity contribution in [3.05, 3.63) is 29.3 Å². The van der Waals surface area contributed by atoms with E-state index in [1.54, 1.807) is 0 Å². The number of rotatable bonds is 2. The van der Waals surface area contributed by atoms with Crippen molar-refractivity contribution in [3.63, 3.8) is 0 Å². The third-order valence-corrected chi connectivity index (χ3v) is 5.85. The number of aryl methyl sites for hydroxylation is 1. The van der Waals surface area contributed by atoms with Gasteiger partial charge in [0.15, 0.2) is 0 Å². The summed E-state index contributed by atoms with van der Waals surface area (Å²) in [5.41, 5.74) is 2.68. The Bertz CT molecular complexity index is 472. The lowest BCUT2D eigenvalue weighted by molar-refractivity contribution is 0.288. The molecule has 3 unspecified atom stereocenters. The topological polar surface area (TPSA) is 9.23 Å². The molecule has 2 aliphatic carbocycles. The van der Waals surface area contributed by atoms with E-state index >= 15 is 0 Å². The monoisotopic (exact) mass is 276 g/mol. The summed E-state index contributed by atoms with van der Waals surface area (Å²) in [4.78, 5) is 0. The normalized spacial score (nSPS) is 33.8. The van der Waals surface area contributed by atoms with E-state index in [1.165, 1.54) is 36.8 Å². The number of alkyl halides is 1. The SMILES string of the molecule is ClC(c1ccc2c(c1)CCCO2)C1C2CCCCC21. The number of ether oxygens (including phenoxy) is 1. The number of fused-ring (bicyclic) bond motifs is 2. The van der Waals surface area contributed by atoms with Crippen molar-refractivity contribution >= 4 is 11.6 Å². The second kappa shape index (κ2) is 4.70. The van der Waals surface area contributed by atoms with E-state index in [-0.39, 0.29) is 5.38 Å². The van der Waals surface area contributed by atoms with Crippen molar-refractivity contribution in [2.75, 3.05) is 6.61 Å². The molecule has 1 nitrogen and oxygen atoms in total. The molecule has 2 saturated carbocycles. The molecule has 0 saturated heterocycles. The summed E-state index contributed by atoms with van der Waals surface area (Å²) < 4.78 is 5.69. The first-order chi connectivity index (χ1) is 9.34. The maximum Gasteiger partial charge on any atom is 0.122 e. The van der Waals surface area contributed by atoms with Crippen LogP contribution in [0.2, 0.25) is 0 Å². The smallest absolute Gasteiger partial charge is 0.122 e. The van der Waals surface area contributed by atoms with Crippen LogP contribution in [0, 0.1) is 17.8 Å². The molecule has 3 aliphatic rings. The summed E-state index contributed by atoms with van der Waals surface area (Å²) in [7, 11) is 0. The first-order valence-electron chi connectivity index (χ1n) is 7.74. The molecule has 0 spiro atoms. The van der Waals surface area contributed by atoms with E-state index < -0.39 is 0 Å². The highest BCUT2D eigenvalue weighted by molar-refractivity contribution is 6.21. The Hall–Kier alpha value is -0.690. The molecule has 2 heteroatoms. The first-order valence-corrected chi connectivity index (χ1v) is 8.18. The summed E-state index contributed by atoms with van der Waals surface area (Å²) in [6.07, 6.45) is 7.93. The average molecular weight is 277 g/mol. The van der Waals surface area contributed by atoms with Crippen molar-refractivity contribution in [2.45, 2.75) is 43.9 Å². The second-order valence-corrected chi connectivity index (χ2v) is 6.88. The predicted octanol–water partition coefficient (Wildman–Crippen LogP) is 4.73. The number of hydrogen-bond acceptors (Lipinski definition) is 1. The Kier molecular flexibility index (Phi) is 2.99. The Morgan fingerprint density at radius 2 is 1.89 bits per heavy atom. The van der Waals surface area contributed by atoms with Crippen LogP contribution in [-0.2, 0) is 6.42 Å². The predicted molar refractivity (Wildman–Crippen MR) is 77.8 cm³/mol. The zero-order chi connectivity index (χ0) is 12.8. The Balaban J connectivity index is 1.55. The van der Waals surface area contributed by atoms with Crippen LogP contribution in [0.1, 0.15) is 48.6 Å². The molecule has 0 radical (unpaired) electrons. The molecular formula is C17H21ClO. The van der Waals surface area contributed by atoms with Crippen LogP contribution in [-0.4, -0.2) is 6.61 Å². The van der Waals surface area contributed by atoms with Gasteiger partial charge in [0.05, 0.1) is 12.0 Å². The highest BCUT2D eigenvalue weighted by atomic mass is 35.5. The van der Waals surface area contributed by atoms with Crippen molar-refractivity contribution in [1.82, 2.24) is 0 Å². The van der Waals surface area contributed by atoms with E-state index in [4.69, 9.17) is 16.3 Å². The van der Waals surface area contributed by atoms with Gasteiger partial charge in [0.25, 0.3) is 0 Å². The Morgan fingerprint density at radius 1 is 1.11 bits per heavy atom. The van der Waals surface area contributed by atoms with Crippen LogP contribution in [0.5, 0.6) is 5.75 Å². The van der Waals surface area contributed by atoms with Crippen molar-refractivity contribution < 1.29 is 4.74 Å². The van der Waals surface area contributed by atoms with Gasteiger partial charge in [0.1, 0.15) is 5.75 Å². The fourth-order valence-electron chi connectivity index (χ4n) is 4.26. The van der Waals surface area contributed by atoms with Crippen LogP contribution in [0.15, 0.2) is 18.2 Å². The molecule has 0 bridgehead atoms. The summed E-state index contributed by atoms with van der Waals surface area (Å²) >= 11 is 6.78. The fraction of sp³-hybridized carbons (Fsp3) is 0.647.